The van der Waals surface area contributed by atoms with Gasteiger partial charge in [0.15, 0.2) is 0 Å². The van der Waals surface area contributed by atoms with Gasteiger partial charge < -0.3 is 5.32 Å². The Labute approximate surface area is 163 Å². The normalized spacial score (nSPS) is 11.8. The summed E-state index contributed by atoms with van der Waals surface area (Å²) in [7, 11) is 0. The number of unbranched alkanes of at least 4 members (excludes halogenated alkanes) is 7. The van der Waals surface area contributed by atoms with Gasteiger partial charge in [0.2, 0.25) is 5.91 Å². The minimum Gasteiger partial charge on any atom is -0.344 e. The molecule has 0 aliphatic heterocycles. The molecule has 5 heteroatoms. The lowest BCUT2D eigenvalue weighted by Gasteiger charge is -2.16. The minimum atomic E-state index is -0.632. The van der Waals surface area contributed by atoms with Gasteiger partial charge in [0, 0.05) is 6.42 Å². The standard InChI is InChI=1S/C22H36N2O3/c1-2-3-17-20(22(26)24-27)23-21(25)18-13-8-6-4-5-7-10-14-19-15-11-9-12-16-19/h9,11-12,15-16,20,27H,2-8,10,13-14,17-18H2,1H3,(H,23,25)(H,24,26)/t20-/m1/s1. The number of hydrogen-bond donors (Lipinski definition) is 3. The zero-order chi connectivity index (χ0) is 19.7. The highest BCUT2D eigenvalue weighted by Gasteiger charge is 2.19. The Balaban J connectivity index is 2.01. The second-order valence-electron chi connectivity index (χ2n) is 7.20. The maximum Gasteiger partial charge on any atom is 0.265 e. The van der Waals surface area contributed by atoms with Crippen molar-refractivity contribution in [2.75, 3.05) is 0 Å². The molecular formula is C22H36N2O3. The van der Waals surface area contributed by atoms with Crippen molar-refractivity contribution in [1.29, 1.82) is 0 Å². The molecule has 0 radical (unpaired) electrons. The summed E-state index contributed by atoms with van der Waals surface area (Å²) in [6.45, 7) is 2.03. The molecule has 1 rings (SSSR count). The Morgan fingerprint density at radius 3 is 2.19 bits per heavy atom. The first-order valence-electron chi connectivity index (χ1n) is 10.4. The van der Waals surface area contributed by atoms with Gasteiger partial charge in [0.1, 0.15) is 6.04 Å². The van der Waals surface area contributed by atoms with Crippen molar-refractivity contribution in [3.63, 3.8) is 0 Å². The van der Waals surface area contributed by atoms with Crippen molar-refractivity contribution in [3.8, 4) is 0 Å². The summed E-state index contributed by atoms with van der Waals surface area (Å²) in [5.74, 6) is -0.644. The molecule has 0 spiro atoms. The van der Waals surface area contributed by atoms with Crippen LogP contribution in [0.1, 0.15) is 83.1 Å². The fourth-order valence-corrected chi connectivity index (χ4v) is 3.16. The van der Waals surface area contributed by atoms with Gasteiger partial charge in [-0.3, -0.25) is 14.8 Å². The first-order valence-corrected chi connectivity index (χ1v) is 10.4. The molecule has 0 saturated heterocycles. The molecule has 0 aromatic heterocycles. The van der Waals surface area contributed by atoms with Crippen molar-refractivity contribution < 1.29 is 14.8 Å². The van der Waals surface area contributed by atoms with E-state index in [1.807, 2.05) is 6.92 Å². The van der Waals surface area contributed by atoms with E-state index in [4.69, 9.17) is 5.21 Å². The molecule has 0 unspecified atom stereocenters. The van der Waals surface area contributed by atoms with Crippen LogP contribution in [0.25, 0.3) is 0 Å². The molecule has 0 bridgehead atoms. The molecule has 0 aliphatic carbocycles. The van der Waals surface area contributed by atoms with Crippen LogP contribution in [0.2, 0.25) is 0 Å². The van der Waals surface area contributed by atoms with Crippen molar-refractivity contribution in [2.24, 2.45) is 0 Å². The van der Waals surface area contributed by atoms with Crippen LogP contribution in [0.3, 0.4) is 0 Å². The quantitative estimate of drug-likeness (QED) is 0.239. The summed E-state index contributed by atoms with van der Waals surface area (Å²) in [6, 6.07) is 9.97. The highest BCUT2D eigenvalue weighted by Crippen LogP contribution is 2.11. The first-order chi connectivity index (χ1) is 13.2. The minimum absolute atomic E-state index is 0.109. The van der Waals surface area contributed by atoms with E-state index < -0.39 is 11.9 Å². The predicted molar refractivity (Wildman–Crippen MR) is 108 cm³/mol. The smallest absolute Gasteiger partial charge is 0.265 e. The zero-order valence-electron chi connectivity index (χ0n) is 16.7. The van der Waals surface area contributed by atoms with Crippen LogP contribution >= 0.6 is 0 Å². The van der Waals surface area contributed by atoms with Gasteiger partial charge in [0.05, 0.1) is 0 Å². The zero-order valence-corrected chi connectivity index (χ0v) is 16.7. The van der Waals surface area contributed by atoms with Crippen molar-refractivity contribution in [1.82, 2.24) is 10.8 Å². The third kappa shape index (κ3) is 11.4. The molecule has 1 atom stereocenters. The van der Waals surface area contributed by atoms with E-state index in [2.05, 4.69) is 35.6 Å². The van der Waals surface area contributed by atoms with E-state index in [1.165, 1.54) is 31.2 Å². The van der Waals surface area contributed by atoms with E-state index in [-0.39, 0.29) is 5.91 Å². The number of carbonyl (C=O) groups is 2. The molecule has 1 aromatic carbocycles. The van der Waals surface area contributed by atoms with Crippen LogP contribution in [0.4, 0.5) is 0 Å². The van der Waals surface area contributed by atoms with E-state index in [0.29, 0.717) is 12.8 Å². The van der Waals surface area contributed by atoms with E-state index in [9.17, 15) is 9.59 Å². The lowest BCUT2D eigenvalue weighted by molar-refractivity contribution is -0.135. The summed E-state index contributed by atoms with van der Waals surface area (Å²) in [5, 5.41) is 11.5. The average Bonchev–Trinajstić information content (AvgIpc) is 2.70. The third-order valence-electron chi connectivity index (χ3n) is 4.82. The van der Waals surface area contributed by atoms with Crippen molar-refractivity contribution in [3.05, 3.63) is 35.9 Å². The number of rotatable bonds is 15. The number of hydroxylamine groups is 1. The highest BCUT2D eigenvalue weighted by molar-refractivity contribution is 5.86. The molecule has 0 aliphatic rings. The molecule has 3 N–H and O–H groups in total. The van der Waals surface area contributed by atoms with Gasteiger partial charge in [0.25, 0.3) is 5.91 Å². The van der Waals surface area contributed by atoms with Crippen LogP contribution in [-0.2, 0) is 16.0 Å². The number of carbonyl (C=O) groups excluding carboxylic acids is 2. The van der Waals surface area contributed by atoms with E-state index in [0.717, 1.165) is 38.5 Å². The Morgan fingerprint density at radius 1 is 0.926 bits per heavy atom. The van der Waals surface area contributed by atoms with Gasteiger partial charge in [-0.2, -0.15) is 0 Å². The van der Waals surface area contributed by atoms with Gasteiger partial charge >= 0.3 is 0 Å². The summed E-state index contributed by atoms with van der Waals surface area (Å²) >= 11 is 0. The Morgan fingerprint density at radius 2 is 1.56 bits per heavy atom. The van der Waals surface area contributed by atoms with Gasteiger partial charge in [-0.15, -0.1) is 0 Å². The molecule has 5 nitrogen and oxygen atoms in total. The van der Waals surface area contributed by atoms with Crippen LogP contribution in [-0.4, -0.2) is 23.1 Å². The van der Waals surface area contributed by atoms with E-state index in [1.54, 1.807) is 5.48 Å². The van der Waals surface area contributed by atoms with E-state index >= 15 is 0 Å². The van der Waals surface area contributed by atoms with Crippen LogP contribution in [0.5, 0.6) is 0 Å². The predicted octanol–water partition coefficient (Wildman–Crippen LogP) is 4.53. The largest absolute Gasteiger partial charge is 0.344 e. The van der Waals surface area contributed by atoms with Crippen LogP contribution in [0.15, 0.2) is 30.3 Å². The number of nitrogens with one attached hydrogen (secondary N) is 2. The van der Waals surface area contributed by atoms with Gasteiger partial charge in [-0.1, -0.05) is 82.2 Å². The Bertz CT molecular complexity index is 520. The van der Waals surface area contributed by atoms with Crippen molar-refractivity contribution >= 4 is 11.8 Å². The van der Waals surface area contributed by atoms with Crippen LogP contribution in [0, 0.1) is 0 Å². The summed E-state index contributed by atoms with van der Waals surface area (Å²) < 4.78 is 0. The Kier molecular flexibility index (Phi) is 13.0. The lowest BCUT2D eigenvalue weighted by Crippen LogP contribution is -2.45. The fourth-order valence-electron chi connectivity index (χ4n) is 3.16. The van der Waals surface area contributed by atoms with Crippen LogP contribution < -0.4 is 10.8 Å². The summed E-state index contributed by atoms with van der Waals surface area (Å²) in [5.41, 5.74) is 3.05. The maximum absolute atomic E-state index is 12.0. The summed E-state index contributed by atoms with van der Waals surface area (Å²) in [4.78, 5) is 23.5. The topological polar surface area (TPSA) is 78.4 Å². The number of benzene rings is 1. The lowest BCUT2D eigenvalue weighted by atomic mass is 10.0. The number of amides is 2. The molecule has 27 heavy (non-hydrogen) atoms. The molecule has 0 saturated carbocycles. The molecular weight excluding hydrogens is 340 g/mol. The second kappa shape index (κ2) is 15.2. The Hall–Kier alpha value is -1.88. The molecule has 0 heterocycles. The second-order valence-corrected chi connectivity index (χ2v) is 7.20. The maximum atomic E-state index is 12.0. The highest BCUT2D eigenvalue weighted by atomic mass is 16.5. The third-order valence-corrected chi connectivity index (χ3v) is 4.82. The first kappa shape index (κ1) is 23.2. The number of hydrogen-bond acceptors (Lipinski definition) is 3. The average molecular weight is 377 g/mol. The number of aryl methyl sites for hydroxylation is 1. The SMILES string of the molecule is CCCC[C@@H](NC(=O)CCCCCCCCCc1ccccc1)C(=O)NO. The molecule has 1 aromatic rings. The monoisotopic (exact) mass is 376 g/mol. The fraction of sp³-hybridized carbons (Fsp3) is 0.636. The van der Waals surface area contributed by atoms with Gasteiger partial charge in [-0.25, -0.2) is 5.48 Å². The van der Waals surface area contributed by atoms with Crippen molar-refractivity contribution in [2.45, 2.75) is 90.0 Å². The molecule has 0 fully saturated rings. The summed E-state index contributed by atoms with van der Waals surface area (Å²) in [6.07, 6.45) is 11.9. The molecule has 2 amide bonds. The molecule has 152 valence electrons. The van der Waals surface area contributed by atoms with Gasteiger partial charge in [-0.05, 0) is 31.2 Å².